The first-order valence-corrected chi connectivity index (χ1v) is 2.48. The van der Waals surface area contributed by atoms with Gasteiger partial charge in [0, 0.05) is 0 Å². The van der Waals surface area contributed by atoms with Gasteiger partial charge in [-0.15, -0.1) is 0 Å². The molecule has 0 saturated carbocycles. The van der Waals surface area contributed by atoms with Crippen LogP contribution in [0.3, 0.4) is 0 Å². The Kier molecular flexibility index (Phi) is 4.82. The van der Waals surface area contributed by atoms with Crippen molar-refractivity contribution in [2.24, 2.45) is 4.99 Å². The highest BCUT2D eigenvalue weighted by molar-refractivity contribution is 5.76. The molecule has 0 atom stereocenters. The molecule has 0 N–H and O–H groups in total. The third-order valence-corrected chi connectivity index (χ3v) is 0.672. The average Bonchev–Trinajstić information content (AvgIpc) is 1.89. The summed E-state index contributed by atoms with van der Waals surface area (Å²) in [6.45, 7) is 0.0448. The average molecular weight is 143 g/mol. The van der Waals surface area contributed by atoms with E-state index in [0.29, 0.717) is 0 Å². The monoisotopic (exact) mass is 143 g/mol. The van der Waals surface area contributed by atoms with E-state index >= 15 is 0 Å². The number of carbonyl (C=O) groups is 2. The van der Waals surface area contributed by atoms with E-state index in [9.17, 15) is 14.4 Å². The molecule has 10 heavy (non-hydrogen) atoms. The summed E-state index contributed by atoms with van der Waals surface area (Å²) < 4.78 is 3.88. The van der Waals surface area contributed by atoms with Gasteiger partial charge in [-0.2, -0.15) is 0 Å². The molecule has 0 aliphatic rings. The third kappa shape index (κ3) is 4.67. The lowest BCUT2D eigenvalue weighted by Gasteiger charge is -1.89. The van der Waals surface area contributed by atoms with Gasteiger partial charge in [0.05, 0.1) is 13.0 Å². The van der Waals surface area contributed by atoms with Crippen LogP contribution in [0.15, 0.2) is 4.99 Å². The molecular weight excluding hydrogens is 138 g/mol. The van der Waals surface area contributed by atoms with E-state index in [1.807, 2.05) is 0 Å². The molecule has 0 rings (SSSR count). The molecule has 5 nitrogen and oxygen atoms in total. The van der Waals surface area contributed by atoms with Crippen LogP contribution >= 0.6 is 0 Å². The number of carbonyl (C=O) groups excluding carboxylic acids is 3. The summed E-state index contributed by atoms with van der Waals surface area (Å²) in [5.74, 6) is -0.700. The lowest BCUT2D eigenvalue weighted by atomic mass is 10.4. The molecule has 0 aromatic carbocycles. The summed E-state index contributed by atoms with van der Waals surface area (Å²) in [4.78, 5) is 32.3. The predicted octanol–water partition coefficient (Wildman–Crippen LogP) is -0.588. The van der Waals surface area contributed by atoms with E-state index < -0.39 is 5.97 Å². The summed E-state index contributed by atoms with van der Waals surface area (Å²) >= 11 is 0. The molecule has 54 valence electrons. The van der Waals surface area contributed by atoms with Crippen molar-refractivity contribution in [3.63, 3.8) is 0 Å². The molecule has 0 amide bonds. The second-order valence-electron chi connectivity index (χ2n) is 1.31. The van der Waals surface area contributed by atoms with Gasteiger partial charge < -0.3 is 4.74 Å². The van der Waals surface area contributed by atoms with E-state index in [1.54, 1.807) is 0 Å². The summed E-state index contributed by atoms with van der Waals surface area (Å²) in [6.07, 6.45) is 1.17. The maximum Gasteiger partial charge on any atom is 0.315 e. The molecule has 0 saturated heterocycles. The van der Waals surface area contributed by atoms with Crippen molar-refractivity contribution in [1.29, 1.82) is 0 Å². The van der Waals surface area contributed by atoms with Gasteiger partial charge in [-0.25, -0.2) is 9.79 Å². The van der Waals surface area contributed by atoms with E-state index in [4.69, 9.17) is 0 Å². The van der Waals surface area contributed by atoms with Gasteiger partial charge in [0.25, 0.3) is 0 Å². The van der Waals surface area contributed by atoms with Gasteiger partial charge in [-0.05, 0) is 0 Å². The van der Waals surface area contributed by atoms with Crippen molar-refractivity contribution < 1.29 is 19.1 Å². The second kappa shape index (κ2) is 5.65. The molecule has 0 spiro atoms. The molecule has 0 aromatic rings. The van der Waals surface area contributed by atoms with Gasteiger partial charge in [0.2, 0.25) is 6.08 Å². The van der Waals surface area contributed by atoms with Crippen LogP contribution in [0.2, 0.25) is 0 Å². The van der Waals surface area contributed by atoms with Gasteiger partial charge >= 0.3 is 12.4 Å². The first-order valence-electron chi connectivity index (χ1n) is 2.48. The van der Waals surface area contributed by atoms with Gasteiger partial charge in [0.1, 0.15) is 0 Å². The van der Waals surface area contributed by atoms with Crippen LogP contribution in [0.1, 0.15) is 6.42 Å². The molecule has 0 aliphatic carbocycles. The Labute approximate surface area is 56.7 Å². The number of rotatable bonds is 4. The fraction of sp³-hybridized carbons (Fsp3) is 0.400. The Morgan fingerprint density at radius 3 is 2.90 bits per heavy atom. The normalized spacial score (nSPS) is 7.60. The van der Waals surface area contributed by atoms with E-state index in [2.05, 4.69) is 9.73 Å². The number of isocyanates is 1. The van der Waals surface area contributed by atoms with Crippen molar-refractivity contribution in [3.05, 3.63) is 0 Å². The summed E-state index contributed by atoms with van der Waals surface area (Å²) in [6, 6.07) is 0. The smallest absolute Gasteiger partial charge is 0.315 e. The van der Waals surface area contributed by atoms with Gasteiger partial charge in [0.15, 0.2) is 0 Å². The maximum absolute atomic E-state index is 10.3. The van der Waals surface area contributed by atoms with Crippen LogP contribution in [0.5, 0.6) is 0 Å². The first kappa shape index (κ1) is 8.52. The van der Waals surface area contributed by atoms with Crippen LogP contribution in [0.25, 0.3) is 0 Å². The van der Waals surface area contributed by atoms with Crippen LogP contribution in [0, 0.1) is 0 Å². The van der Waals surface area contributed by atoms with E-state index in [0.717, 1.165) is 0 Å². The maximum atomic E-state index is 10.3. The van der Waals surface area contributed by atoms with Gasteiger partial charge in [-0.3, -0.25) is 9.59 Å². The quantitative estimate of drug-likeness (QED) is 0.173. The molecular formula is C5H5NO4. The third-order valence-electron chi connectivity index (χ3n) is 0.672. The minimum absolute atomic E-state index is 0.0101. The Hall–Kier alpha value is -1.48. The lowest BCUT2D eigenvalue weighted by molar-refractivity contribution is -0.151. The van der Waals surface area contributed by atoms with E-state index in [-0.39, 0.29) is 19.4 Å². The summed E-state index contributed by atoms with van der Waals surface area (Å²) in [5.41, 5.74) is 0. The standard InChI is InChI=1S/C5H5NO4/c7-3-6-2-1-5(9)10-4-8/h4H,1-2H2. The predicted molar refractivity (Wildman–Crippen MR) is 29.8 cm³/mol. The van der Waals surface area contributed by atoms with Crippen LogP contribution in [-0.4, -0.2) is 25.1 Å². The van der Waals surface area contributed by atoms with Crippen LogP contribution in [-0.2, 0) is 19.1 Å². The van der Waals surface area contributed by atoms with Crippen molar-refractivity contribution in [2.45, 2.75) is 6.42 Å². The first-order chi connectivity index (χ1) is 4.81. The lowest BCUT2D eigenvalue weighted by Crippen LogP contribution is -2.03. The van der Waals surface area contributed by atoms with Crippen LogP contribution in [0.4, 0.5) is 0 Å². The zero-order chi connectivity index (χ0) is 7.82. The van der Waals surface area contributed by atoms with Crippen molar-refractivity contribution in [1.82, 2.24) is 0 Å². The molecule has 0 unspecified atom stereocenters. The number of hydrogen-bond acceptors (Lipinski definition) is 5. The largest absolute Gasteiger partial charge is 0.395 e. The molecule has 0 radical (unpaired) electrons. The molecule has 5 heteroatoms. The van der Waals surface area contributed by atoms with E-state index in [1.165, 1.54) is 6.08 Å². The highest BCUT2D eigenvalue weighted by atomic mass is 16.6. The minimum atomic E-state index is -0.700. The zero-order valence-corrected chi connectivity index (χ0v) is 5.07. The fourth-order valence-corrected chi connectivity index (χ4v) is 0.305. The molecule has 0 fully saturated rings. The molecule has 0 aromatic heterocycles. The Balaban J connectivity index is 3.38. The highest BCUT2D eigenvalue weighted by Crippen LogP contribution is 1.83. The number of aliphatic imine (C=N–C) groups is 1. The highest BCUT2D eigenvalue weighted by Gasteiger charge is 1.98. The fourth-order valence-electron chi connectivity index (χ4n) is 0.305. The SMILES string of the molecule is O=C=NCCC(=O)OC=O. The number of esters is 1. The number of ether oxygens (including phenoxy) is 1. The Bertz CT molecular complexity index is 170. The summed E-state index contributed by atoms with van der Waals surface area (Å²) in [5, 5.41) is 0. The van der Waals surface area contributed by atoms with Crippen molar-refractivity contribution in [3.8, 4) is 0 Å². The summed E-state index contributed by atoms with van der Waals surface area (Å²) in [7, 11) is 0. The number of nitrogens with zero attached hydrogens (tertiary/aromatic N) is 1. The molecule has 0 heterocycles. The minimum Gasteiger partial charge on any atom is -0.395 e. The molecule has 0 aliphatic heterocycles. The van der Waals surface area contributed by atoms with Crippen LogP contribution < -0.4 is 0 Å². The van der Waals surface area contributed by atoms with Gasteiger partial charge in [-0.1, -0.05) is 0 Å². The Morgan fingerprint density at radius 1 is 1.70 bits per heavy atom. The van der Waals surface area contributed by atoms with Crippen molar-refractivity contribution >= 4 is 18.5 Å². The molecule has 0 bridgehead atoms. The topological polar surface area (TPSA) is 72.8 Å². The number of hydrogen-bond donors (Lipinski definition) is 0. The Morgan fingerprint density at radius 2 is 2.40 bits per heavy atom. The second-order valence-corrected chi connectivity index (χ2v) is 1.31. The zero-order valence-electron chi connectivity index (χ0n) is 5.07. The van der Waals surface area contributed by atoms with Crippen molar-refractivity contribution in [2.75, 3.05) is 6.54 Å².